The van der Waals surface area contributed by atoms with Crippen LogP contribution in [0.3, 0.4) is 0 Å². The molecule has 1 aromatic carbocycles. The number of benzene rings is 1. The van der Waals surface area contributed by atoms with Gasteiger partial charge < -0.3 is 15.0 Å². The maximum absolute atomic E-state index is 13.1. The quantitative estimate of drug-likeness (QED) is 0.638. The van der Waals surface area contributed by atoms with Gasteiger partial charge in [0.1, 0.15) is 12.3 Å². The molecule has 2 amide bonds. The minimum Gasteiger partial charge on any atom is -0.497 e. The topological polar surface area (TPSA) is 61.9 Å². The molecule has 0 atom stereocenters. The summed E-state index contributed by atoms with van der Waals surface area (Å²) < 4.78 is 5.17. The molecule has 1 aromatic heterocycles. The third kappa shape index (κ3) is 6.95. The fraction of sp³-hybridized carbons (Fsp3) is 0.478. The minimum atomic E-state index is -0.198. The second kappa shape index (κ2) is 12.1. The number of hydrogen-bond donors (Lipinski definition) is 1. The van der Waals surface area contributed by atoms with Crippen LogP contribution in [0.15, 0.2) is 41.1 Å². The van der Waals surface area contributed by atoms with E-state index in [-0.39, 0.29) is 30.8 Å². The first-order valence-electron chi connectivity index (χ1n) is 10.5. The lowest BCUT2D eigenvalue weighted by Gasteiger charge is -2.34. The first kappa shape index (κ1) is 25.2. The number of amides is 2. The molecule has 1 aliphatic heterocycles. The predicted octanol–water partition coefficient (Wildman–Crippen LogP) is 4.06. The number of halogens is 1. The smallest absolute Gasteiger partial charge is 0.258 e. The average Bonchev–Trinajstić information content (AvgIpc) is 3.30. The molecule has 1 saturated heterocycles. The summed E-state index contributed by atoms with van der Waals surface area (Å²) in [6.45, 7) is 7.28. The van der Waals surface area contributed by atoms with Crippen LogP contribution in [0, 0.1) is 5.92 Å². The van der Waals surface area contributed by atoms with Gasteiger partial charge in [-0.3, -0.25) is 14.5 Å². The van der Waals surface area contributed by atoms with E-state index in [2.05, 4.69) is 24.1 Å². The van der Waals surface area contributed by atoms with Crippen LogP contribution in [-0.4, -0.2) is 56.0 Å². The summed E-state index contributed by atoms with van der Waals surface area (Å²) in [5.41, 5.74) is 1.26. The normalized spacial score (nSPS) is 14.7. The van der Waals surface area contributed by atoms with Crippen molar-refractivity contribution in [3.05, 3.63) is 46.7 Å². The summed E-state index contributed by atoms with van der Waals surface area (Å²) in [5, 5.41) is 6.84. The molecule has 170 valence electrons. The molecule has 0 spiro atoms. The predicted molar refractivity (Wildman–Crippen MR) is 129 cm³/mol. The Balaban J connectivity index is 0.00000341. The van der Waals surface area contributed by atoms with Gasteiger partial charge in [-0.1, -0.05) is 0 Å². The number of carbonyl (C=O) groups is 2. The fourth-order valence-electron chi connectivity index (χ4n) is 3.71. The first-order chi connectivity index (χ1) is 14.5. The van der Waals surface area contributed by atoms with Crippen molar-refractivity contribution >= 4 is 41.2 Å². The number of carbonyl (C=O) groups excluding carboxylic acids is 2. The van der Waals surface area contributed by atoms with Gasteiger partial charge in [-0.15, -0.1) is 12.4 Å². The summed E-state index contributed by atoms with van der Waals surface area (Å²) in [6.07, 6.45) is 2.19. The summed E-state index contributed by atoms with van der Waals surface area (Å²) in [7, 11) is 1.59. The summed E-state index contributed by atoms with van der Waals surface area (Å²) in [5.74, 6) is 0.858. The first-order valence-corrected chi connectivity index (χ1v) is 11.4. The van der Waals surface area contributed by atoms with Crippen LogP contribution in [-0.2, 0) is 4.79 Å². The van der Waals surface area contributed by atoms with E-state index >= 15 is 0 Å². The van der Waals surface area contributed by atoms with Crippen molar-refractivity contribution < 1.29 is 14.3 Å². The molecule has 6 nitrogen and oxygen atoms in total. The molecule has 0 unspecified atom stereocenters. The Morgan fingerprint density at radius 3 is 2.42 bits per heavy atom. The molecule has 2 heterocycles. The van der Waals surface area contributed by atoms with Crippen molar-refractivity contribution in [2.75, 3.05) is 38.2 Å². The number of nitrogens with zero attached hydrogens (tertiary/aromatic N) is 2. The lowest BCUT2D eigenvalue weighted by molar-refractivity contribution is -0.120. The van der Waals surface area contributed by atoms with Gasteiger partial charge in [0.25, 0.3) is 5.91 Å². The van der Waals surface area contributed by atoms with Crippen LogP contribution in [0.1, 0.15) is 37.0 Å². The Morgan fingerprint density at radius 1 is 1.19 bits per heavy atom. The average molecular weight is 466 g/mol. The van der Waals surface area contributed by atoms with E-state index < -0.39 is 0 Å². The van der Waals surface area contributed by atoms with Gasteiger partial charge in [-0.25, -0.2) is 0 Å². The zero-order valence-corrected chi connectivity index (χ0v) is 20.0. The van der Waals surface area contributed by atoms with Crippen LogP contribution in [0.25, 0.3) is 0 Å². The summed E-state index contributed by atoms with van der Waals surface area (Å²) in [4.78, 5) is 29.8. The number of rotatable bonds is 8. The second-order valence-electron chi connectivity index (χ2n) is 7.98. The molecule has 0 radical (unpaired) electrons. The molecule has 3 rings (SSSR count). The van der Waals surface area contributed by atoms with Crippen molar-refractivity contribution in [3.63, 3.8) is 0 Å². The molecule has 2 aromatic rings. The van der Waals surface area contributed by atoms with Gasteiger partial charge in [-0.05, 0) is 81.4 Å². The summed E-state index contributed by atoms with van der Waals surface area (Å²) >= 11 is 1.50. The Bertz CT molecular complexity index is 819. The van der Waals surface area contributed by atoms with Gasteiger partial charge in [0.05, 0.1) is 12.8 Å². The molecule has 31 heavy (non-hydrogen) atoms. The van der Waals surface area contributed by atoms with Gasteiger partial charge in [-0.2, -0.15) is 11.3 Å². The third-order valence-electron chi connectivity index (χ3n) is 5.67. The van der Waals surface area contributed by atoms with E-state index in [0.717, 1.165) is 31.6 Å². The van der Waals surface area contributed by atoms with Gasteiger partial charge >= 0.3 is 0 Å². The third-order valence-corrected chi connectivity index (χ3v) is 6.34. The molecule has 1 fully saturated rings. The number of methoxy groups -OCH3 is 1. The van der Waals surface area contributed by atoms with Gasteiger partial charge in [0, 0.05) is 23.5 Å². The van der Waals surface area contributed by atoms with Crippen molar-refractivity contribution in [2.24, 2.45) is 5.92 Å². The standard InChI is InChI=1S/C23H31N3O3S.ClH/c1-17(2)25-11-8-18(9-12-25)14-24-22(27)15-26(20-10-13-30-16-20)23(28)19-4-6-21(29-3)7-5-19;/h4-7,10,13,16-18H,8-9,11-12,14-15H2,1-3H3,(H,24,27);1H. The van der Waals surface area contributed by atoms with Crippen LogP contribution in [0.4, 0.5) is 5.69 Å². The van der Waals surface area contributed by atoms with Crippen molar-refractivity contribution in [3.8, 4) is 5.75 Å². The second-order valence-corrected chi connectivity index (χ2v) is 8.76. The van der Waals surface area contributed by atoms with E-state index in [1.165, 1.54) is 16.2 Å². The summed E-state index contributed by atoms with van der Waals surface area (Å²) in [6, 6.07) is 9.39. The molecule has 0 bridgehead atoms. The molecule has 8 heteroatoms. The Hall–Kier alpha value is -2.09. The maximum atomic E-state index is 13.1. The number of ether oxygens (including phenoxy) is 1. The minimum absolute atomic E-state index is 0. The Labute approximate surface area is 195 Å². The molecule has 0 saturated carbocycles. The molecular weight excluding hydrogens is 434 g/mol. The van der Waals surface area contributed by atoms with E-state index in [1.54, 1.807) is 31.4 Å². The Kier molecular flexibility index (Phi) is 9.81. The van der Waals surface area contributed by atoms with Gasteiger partial charge in [0.15, 0.2) is 0 Å². The highest BCUT2D eigenvalue weighted by molar-refractivity contribution is 7.08. The number of piperidine rings is 1. The van der Waals surface area contributed by atoms with Crippen LogP contribution >= 0.6 is 23.7 Å². The molecule has 1 aliphatic rings. The fourth-order valence-corrected chi connectivity index (χ4v) is 4.35. The van der Waals surface area contributed by atoms with E-state index in [0.29, 0.717) is 29.8 Å². The molecular formula is C23H32ClN3O3S. The Morgan fingerprint density at radius 2 is 1.87 bits per heavy atom. The van der Waals surface area contributed by atoms with Crippen molar-refractivity contribution in [1.29, 1.82) is 0 Å². The largest absolute Gasteiger partial charge is 0.497 e. The van der Waals surface area contributed by atoms with Crippen molar-refractivity contribution in [2.45, 2.75) is 32.7 Å². The maximum Gasteiger partial charge on any atom is 0.258 e. The zero-order chi connectivity index (χ0) is 21.5. The number of thiophene rings is 1. The molecule has 1 N–H and O–H groups in total. The van der Waals surface area contributed by atoms with Crippen LogP contribution in [0.2, 0.25) is 0 Å². The number of anilines is 1. The monoisotopic (exact) mass is 465 g/mol. The highest BCUT2D eigenvalue weighted by Crippen LogP contribution is 2.22. The highest BCUT2D eigenvalue weighted by Gasteiger charge is 2.24. The van der Waals surface area contributed by atoms with Crippen molar-refractivity contribution in [1.82, 2.24) is 10.2 Å². The lowest BCUT2D eigenvalue weighted by Crippen LogP contribution is -2.44. The molecule has 0 aliphatic carbocycles. The number of likely N-dealkylation sites (tertiary alicyclic amines) is 1. The van der Waals surface area contributed by atoms with E-state index in [1.807, 2.05) is 16.8 Å². The van der Waals surface area contributed by atoms with Gasteiger partial charge in [0.2, 0.25) is 5.91 Å². The van der Waals surface area contributed by atoms with E-state index in [4.69, 9.17) is 4.74 Å². The number of nitrogens with one attached hydrogen (secondary N) is 1. The van der Waals surface area contributed by atoms with Crippen LogP contribution < -0.4 is 15.0 Å². The van der Waals surface area contributed by atoms with E-state index in [9.17, 15) is 9.59 Å². The van der Waals surface area contributed by atoms with Crippen LogP contribution in [0.5, 0.6) is 5.75 Å². The zero-order valence-electron chi connectivity index (χ0n) is 18.4. The SMILES string of the molecule is COc1ccc(C(=O)N(CC(=O)NCC2CCN(C(C)C)CC2)c2ccsc2)cc1.Cl. The lowest BCUT2D eigenvalue weighted by atomic mass is 9.96. The highest BCUT2D eigenvalue weighted by atomic mass is 35.5. The number of hydrogen-bond acceptors (Lipinski definition) is 5.